The lowest BCUT2D eigenvalue weighted by atomic mass is 10.1. The van der Waals surface area contributed by atoms with Crippen LogP contribution in [0.25, 0.3) is 0 Å². The van der Waals surface area contributed by atoms with Crippen LogP contribution < -0.4 is 11.3 Å². The summed E-state index contributed by atoms with van der Waals surface area (Å²) in [6.07, 6.45) is 1.21. The molecule has 4 heteroatoms. The Morgan fingerprint density at radius 3 is 2.57 bits per heavy atom. The van der Waals surface area contributed by atoms with E-state index in [-0.39, 0.29) is 0 Å². The molecule has 0 aliphatic heterocycles. The maximum absolute atomic E-state index is 6.20. The van der Waals surface area contributed by atoms with Crippen molar-refractivity contribution in [3.05, 3.63) is 65.2 Å². The van der Waals surface area contributed by atoms with Gasteiger partial charge in [0.1, 0.15) is 0 Å². The first-order valence-electron chi connectivity index (χ1n) is 7.18. The number of hydrogen-bond acceptors (Lipinski definition) is 3. The van der Waals surface area contributed by atoms with E-state index in [0.29, 0.717) is 17.9 Å². The zero-order valence-corrected chi connectivity index (χ0v) is 13.3. The Kier molecular flexibility index (Phi) is 4.86. The topological polar surface area (TPSA) is 38.0 Å². The minimum absolute atomic E-state index is 0.316. The summed E-state index contributed by atoms with van der Waals surface area (Å²) < 4.78 is 0. The third kappa shape index (κ3) is 3.61. The van der Waals surface area contributed by atoms with Crippen molar-refractivity contribution < 1.29 is 0 Å². The van der Waals surface area contributed by atoms with Crippen LogP contribution in [0.5, 0.6) is 0 Å². The van der Waals surface area contributed by atoms with Gasteiger partial charge in [-0.2, -0.15) is 0 Å². The molecule has 0 radical (unpaired) electrons. The van der Waals surface area contributed by atoms with Crippen LogP contribution >= 0.6 is 23.4 Å². The van der Waals surface area contributed by atoms with E-state index in [1.54, 1.807) is 11.8 Å². The predicted molar refractivity (Wildman–Crippen MR) is 90.6 cm³/mol. The number of rotatable bonds is 6. The van der Waals surface area contributed by atoms with Crippen LogP contribution in [0.3, 0.4) is 0 Å². The molecule has 1 saturated carbocycles. The normalized spacial score (nSPS) is 22.0. The number of nitrogens with two attached hydrogens (primary N) is 1. The van der Waals surface area contributed by atoms with Crippen LogP contribution in [0.2, 0.25) is 5.02 Å². The van der Waals surface area contributed by atoms with Crippen molar-refractivity contribution in [2.75, 3.05) is 5.75 Å². The van der Waals surface area contributed by atoms with Gasteiger partial charge in [0, 0.05) is 16.7 Å². The highest BCUT2D eigenvalue weighted by molar-refractivity contribution is 7.99. The highest BCUT2D eigenvalue weighted by Gasteiger charge is 2.43. The number of hydrazine groups is 1. The van der Waals surface area contributed by atoms with Crippen molar-refractivity contribution >= 4 is 23.4 Å². The lowest BCUT2D eigenvalue weighted by molar-refractivity contribution is 0.511. The molecule has 1 fully saturated rings. The van der Waals surface area contributed by atoms with E-state index in [2.05, 4.69) is 41.8 Å². The number of thioether (sulfide) groups is 1. The first kappa shape index (κ1) is 14.9. The second kappa shape index (κ2) is 6.84. The first-order chi connectivity index (χ1) is 10.3. The maximum Gasteiger partial charge on any atom is 0.0541 e. The quantitative estimate of drug-likeness (QED) is 0.479. The van der Waals surface area contributed by atoms with Gasteiger partial charge >= 0.3 is 0 Å². The Labute approximate surface area is 135 Å². The van der Waals surface area contributed by atoms with E-state index >= 15 is 0 Å². The Bertz CT molecular complexity index is 590. The fraction of sp³-hybridized carbons (Fsp3) is 0.294. The van der Waals surface area contributed by atoms with E-state index in [1.165, 1.54) is 12.0 Å². The van der Waals surface area contributed by atoms with E-state index in [4.69, 9.17) is 17.4 Å². The molecule has 3 atom stereocenters. The second-order valence-electron chi connectivity index (χ2n) is 5.43. The van der Waals surface area contributed by atoms with Crippen LogP contribution in [0.15, 0.2) is 59.5 Å². The lowest BCUT2D eigenvalue weighted by Gasteiger charge is -2.16. The van der Waals surface area contributed by atoms with Crippen LogP contribution in [0.4, 0.5) is 0 Å². The molecule has 0 bridgehead atoms. The average Bonchev–Trinajstić information content (AvgIpc) is 3.31. The van der Waals surface area contributed by atoms with Crippen molar-refractivity contribution in [2.24, 2.45) is 11.8 Å². The van der Waals surface area contributed by atoms with Crippen LogP contribution in [-0.4, -0.2) is 11.8 Å². The van der Waals surface area contributed by atoms with Crippen molar-refractivity contribution in [1.82, 2.24) is 5.43 Å². The third-order valence-electron chi connectivity index (χ3n) is 4.05. The number of benzene rings is 2. The van der Waals surface area contributed by atoms with E-state index in [1.807, 2.05) is 18.2 Å². The summed E-state index contributed by atoms with van der Waals surface area (Å²) in [6, 6.07) is 19.0. The summed E-state index contributed by atoms with van der Waals surface area (Å²) in [5.41, 5.74) is 4.41. The average molecular weight is 319 g/mol. The van der Waals surface area contributed by atoms with Crippen molar-refractivity contribution in [3.63, 3.8) is 0 Å². The van der Waals surface area contributed by atoms with Gasteiger partial charge in [0.05, 0.1) is 5.02 Å². The maximum atomic E-state index is 6.20. The smallest absolute Gasteiger partial charge is 0.0541 e. The second-order valence-corrected chi connectivity index (χ2v) is 6.90. The molecule has 0 heterocycles. The summed E-state index contributed by atoms with van der Waals surface area (Å²) in [7, 11) is 0. The van der Waals surface area contributed by atoms with Gasteiger partial charge in [-0.3, -0.25) is 11.3 Å². The molecule has 3 unspecified atom stereocenters. The Hall–Kier alpha value is -1.00. The van der Waals surface area contributed by atoms with Crippen molar-refractivity contribution in [3.8, 4) is 0 Å². The van der Waals surface area contributed by atoms with Crippen molar-refractivity contribution in [1.29, 1.82) is 0 Å². The molecule has 110 valence electrons. The van der Waals surface area contributed by atoms with Gasteiger partial charge in [0.15, 0.2) is 0 Å². The van der Waals surface area contributed by atoms with Gasteiger partial charge in [-0.25, -0.2) is 0 Å². The fourth-order valence-electron chi connectivity index (χ4n) is 2.78. The van der Waals surface area contributed by atoms with E-state index < -0.39 is 0 Å². The van der Waals surface area contributed by atoms with E-state index in [0.717, 1.165) is 15.7 Å². The van der Waals surface area contributed by atoms with Gasteiger partial charge in [0.25, 0.3) is 0 Å². The monoisotopic (exact) mass is 318 g/mol. The SMILES string of the molecule is NNC(CSc1ccccc1Cl)C1CC1c1ccccc1. The molecule has 0 aromatic heterocycles. The van der Waals surface area contributed by atoms with Crippen LogP contribution in [0.1, 0.15) is 17.9 Å². The molecule has 0 spiro atoms. The number of hydrogen-bond donors (Lipinski definition) is 2. The molecule has 21 heavy (non-hydrogen) atoms. The van der Waals surface area contributed by atoms with Crippen LogP contribution in [-0.2, 0) is 0 Å². The summed E-state index contributed by atoms with van der Waals surface area (Å²) in [6.45, 7) is 0. The molecule has 2 aromatic rings. The summed E-state index contributed by atoms with van der Waals surface area (Å²) in [4.78, 5) is 1.12. The Morgan fingerprint density at radius 2 is 1.86 bits per heavy atom. The standard InChI is InChI=1S/C17H19ClN2S/c18-15-8-4-5-9-17(15)21-11-16(20-19)14-10-13(14)12-6-2-1-3-7-12/h1-9,13-14,16,20H,10-11,19H2. The molecular formula is C17H19ClN2S. The van der Waals surface area contributed by atoms with Crippen molar-refractivity contribution in [2.45, 2.75) is 23.3 Å². The number of nitrogens with one attached hydrogen (secondary N) is 1. The van der Waals surface area contributed by atoms with E-state index in [9.17, 15) is 0 Å². The minimum atomic E-state index is 0.316. The first-order valence-corrected chi connectivity index (χ1v) is 8.54. The van der Waals surface area contributed by atoms with Crippen LogP contribution in [0, 0.1) is 5.92 Å². The molecule has 0 amide bonds. The fourth-order valence-corrected chi connectivity index (χ4v) is 4.16. The Morgan fingerprint density at radius 1 is 1.14 bits per heavy atom. The molecule has 1 aliphatic rings. The zero-order chi connectivity index (χ0) is 14.7. The molecule has 0 saturated heterocycles. The highest BCUT2D eigenvalue weighted by atomic mass is 35.5. The Balaban J connectivity index is 1.59. The molecule has 3 rings (SSSR count). The van der Waals surface area contributed by atoms with Gasteiger partial charge in [-0.05, 0) is 36.0 Å². The predicted octanol–water partition coefficient (Wildman–Crippen LogP) is 4.07. The largest absolute Gasteiger partial charge is 0.271 e. The molecular weight excluding hydrogens is 300 g/mol. The summed E-state index contributed by atoms with van der Waals surface area (Å²) in [5, 5.41) is 0.814. The lowest BCUT2D eigenvalue weighted by Crippen LogP contribution is -2.39. The highest BCUT2D eigenvalue weighted by Crippen LogP contribution is 2.50. The molecule has 2 aromatic carbocycles. The molecule has 1 aliphatic carbocycles. The van der Waals surface area contributed by atoms with Gasteiger partial charge in [-0.1, -0.05) is 54.1 Å². The van der Waals surface area contributed by atoms with Gasteiger partial charge in [0.2, 0.25) is 0 Å². The summed E-state index contributed by atoms with van der Waals surface area (Å²) in [5.74, 6) is 7.95. The minimum Gasteiger partial charge on any atom is -0.271 e. The summed E-state index contributed by atoms with van der Waals surface area (Å²) >= 11 is 7.97. The van der Waals surface area contributed by atoms with Gasteiger partial charge in [-0.15, -0.1) is 11.8 Å². The third-order valence-corrected chi connectivity index (χ3v) is 5.69. The molecule has 3 N–H and O–H groups in total. The zero-order valence-electron chi connectivity index (χ0n) is 11.7. The number of halogens is 1. The molecule has 2 nitrogen and oxygen atoms in total. The van der Waals surface area contributed by atoms with Gasteiger partial charge < -0.3 is 0 Å².